The van der Waals surface area contributed by atoms with Crippen molar-refractivity contribution in [3.63, 3.8) is 0 Å². The zero-order valence-corrected chi connectivity index (χ0v) is 9.83. The first-order valence-corrected chi connectivity index (χ1v) is 5.72. The van der Waals surface area contributed by atoms with E-state index in [-0.39, 0.29) is 0 Å². The minimum atomic E-state index is 0.520. The van der Waals surface area contributed by atoms with E-state index in [1.165, 1.54) is 11.3 Å². The van der Waals surface area contributed by atoms with Crippen molar-refractivity contribution in [1.82, 2.24) is 4.98 Å². The maximum Gasteiger partial charge on any atom is 0.151 e. The first kappa shape index (κ1) is 10.7. The minimum absolute atomic E-state index is 0.520. The van der Waals surface area contributed by atoms with Crippen LogP contribution in [-0.4, -0.2) is 4.98 Å². The quantitative estimate of drug-likeness (QED) is 0.642. The molecular weight excluding hydrogens is 253 g/mol. The van der Waals surface area contributed by atoms with Gasteiger partial charge in [0.1, 0.15) is 5.01 Å². The molecule has 6 heteroatoms. The van der Waals surface area contributed by atoms with Gasteiger partial charge in [-0.3, -0.25) is 0 Å². The number of nitrogen functional groups attached to an aromatic ring is 1. The number of anilines is 1. The second kappa shape index (κ2) is 4.37. The Labute approximate surface area is 101 Å². The van der Waals surface area contributed by atoms with Crippen LogP contribution >= 0.6 is 34.5 Å². The van der Waals surface area contributed by atoms with Crippen LogP contribution in [-0.2, 0) is 0 Å². The predicted molar refractivity (Wildman–Crippen MR) is 65.4 cm³/mol. The number of aromatic nitrogens is 1. The van der Waals surface area contributed by atoms with Crippen molar-refractivity contribution >= 4 is 40.4 Å². The normalized spacial score (nSPS) is 10.3. The number of nitrogens with two attached hydrogens (primary N) is 1. The molecule has 1 aromatic carbocycles. The topological polar surface area (TPSA) is 50.9 Å². The van der Waals surface area contributed by atoms with Gasteiger partial charge >= 0.3 is 0 Å². The fraction of sp³-hybridized carbons (Fsp3) is 0. The van der Waals surface area contributed by atoms with Crippen LogP contribution in [0.3, 0.4) is 0 Å². The van der Waals surface area contributed by atoms with Crippen LogP contribution in [0.1, 0.15) is 0 Å². The van der Waals surface area contributed by atoms with E-state index in [4.69, 9.17) is 29.0 Å². The number of hydrazine groups is 1. The summed E-state index contributed by atoms with van der Waals surface area (Å²) >= 11 is 13.2. The summed E-state index contributed by atoms with van der Waals surface area (Å²) < 4.78 is 0. The molecular formula is C9H7Cl2N3S. The molecule has 15 heavy (non-hydrogen) atoms. The van der Waals surface area contributed by atoms with Gasteiger partial charge in [0.25, 0.3) is 0 Å². The maximum absolute atomic E-state index is 5.91. The Bertz CT molecular complexity index is 484. The van der Waals surface area contributed by atoms with Gasteiger partial charge in [0.15, 0.2) is 5.82 Å². The van der Waals surface area contributed by atoms with Crippen LogP contribution in [0.15, 0.2) is 23.6 Å². The lowest BCUT2D eigenvalue weighted by Gasteiger charge is -1.99. The average molecular weight is 260 g/mol. The molecule has 2 rings (SSSR count). The number of nitrogens with zero attached hydrogens (tertiary/aromatic N) is 1. The van der Waals surface area contributed by atoms with Crippen molar-refractivity contribution in [3.8, 4) is 10.6 Å². The van der Waals surface area contributed by atoms with Crippen molar-refractivity contribution in [3.05, 3.63) is 33.6 Å². The summed E-state index contributed by atoms with van der Waals surface area (Å²) in [5.41, 5.74) is 3.41. The monoisotopic (exact) mass is 259 g/mol. The molecule has 1 heterocycles. The van der Waals surface area contributed by atoms with E-state index in [1.54, 1.807) is 12.1 Å². The molecule has 0 radical (unpaired) electrons. The molecule has 0 unspecified atom stereocenters. The van der Waals surface area contributed by atoms with Crippen molar-refractivity contribution in [2.24, 2.45) is 5.84 Å². The molecule has 0 aliphatic carbocycles. The number of benzene rings is 1. The van der Waals surface area contributed by atoms with E-state index in [0.29, 0.717) is 15.9 Å². The number of hydrogen-bond donors (Lipinski definition) is 2. The SMILES string of the molecule is NNc1csc(-c2ccc(Cl)c(Cl)c2)n1. The summed E-state index contributed by atoms with van der Waals surface area (Å²) in [5.74, 6) is 5.88. The number of hydrogen-bond acceptors (Lipinski definition) is 4. The van der Waals surface area contributed by atoms with Gasteiger partial charge in [0.05, 0.1) is 10.0 Å². The summed E-state index contributed by atoms with van der Waals surface area (Å²) in [6.07, 6.45) is 0. The zero-order valence-electron chi connectivity index (χ0n) is 7.50. The molecule has 3 N–H and O–H groups in total. The van der Waals surface area contributed by atoms with Gasteiger partial charge in [-0.05, 0) is 12.1 Å². The molecule has 3 nitrogen and oxygen atoms in total. The van der Waals surface area contributed by atoms with Gasteiger partial charge in [-0.2, -0.15) is 0 Å². The Hall–Kier alpha value is -0.810. The number of nitrogens with one attached hydrogen (secondary N) is 1. The van der Waals surface area contributed by atoms with Crippen LogP contribution in [0.4, 0.5) is 5.82 Å². The van der Waals surface area contributed by atoms with Crippen molar-refractivity contribution in [1.29, 1.82) is 0 Å². The van der Waals surface area contributed by atoms with Gasteiger partial charge in [-0.25, -0.2) is 10.8 Å². The van der Waals surface area contributed by atoms with Gasteiger partial charge in [-0.15, -0.1) is 11.3 Å². The molecule has 0 aliphatic rings. The van der Waals surface area contributed by atoms with Crippen molar-refractivity contribution in [2.45, 2.75) is 0 Å². The molecule has 0 bridgehead atoms. The van der Waals surface area contributed by atoms with E-state index in [1.807, 2.05) is 11.4 Å². The lowest BCUT2D eigenvalue weighted by Crippen LogP contribution is -2.06. The summed E-state index contributed by atoms with van der Waals surface area (Å²) in [6, 6.07) is 5.40. The molecule has 0 atom stereocenters. The smallest absolute Gasteiger partial charge is 0.151 e. The number of thiazole rings is 1. The molecule has 0 aliphatic heterocycles. The Balaban J connectivity index is 2.40. The minimum Gasteiger partial charge on any atom is -0.308 e. The lowest BCUT2D eigenvalue weighted by atomic mass is 10.2. The molecule has 0 saturated carbocycles. The fourth-order valence-corrected chi connectivity index (χ4v) is 2.16. The van der Waals surface area contributed by atoms with Gasteiger partial charge in [0, 0.05) is 10.9 Å². The standard InChI is InChI=1S/C9H7Cl2N3S/c10-6-2-1-5(3-7(6)11)9-13-8(14-12)4-15-9/h1-4,14H,12H2. The number of halogens is 2. The first-order chi connectivity index (χ1) is 7.20. The summed E-state index contributed by atoms with van der Waals surface area (Å²) in [7, 11) is 0. The molecule has 0 spiro atoms. The maximum atomic E-state index is 5.91. The summed E-state index contributed by atoms with van der Waals surface area (Å²) in [6.45, 7) is 0. The van der Waals surface area contributed by atoms with E-state index in [9.17, 15) is 0 Å². The van der Waals surface area contributed by atoms with Crippen molar-refractivity contribution in [2.75, 3.05) is 5.43 Å². The second-order valence-corrected chi connectivity index (χ2v) is 4.48. The van der Waals surface area contributed by atoms with E-state index >= 15 is 0 Å². The zero-order chi connectivity index (χ0) is 10.8. The molecule has 0 amide bonds. The first-order valence-electron chi connectivity index (χ1n) is 4.08. The van der Waals surface area contributed by atoms with Crippen LogP contribution < -0.4 is 11.3 Å². The van der Waals surface area contributed by atoms with E-state index in [0.717, 1.165) is 10.6 Å². The average Bonchev–Trinajstić information content (AvgIpc) is 2.70. The fourth-order valence-electron chi connectivity index (χ4n) is 1.10. The highest BCUT2D eigenvalue weighted by atomic mass is 35.5. The van der Waals surface area contributed by atoms with Crippen LogP contribution in [0.25, 0.3) is 10.6 Å². The van der Waals surface area contributed by atoms with Crippen LogP contribution in [0.2, 0.25) is 10.0 Å². The summed E-state index contributed by atoms with van der Waals surface area (Å²) in [5, 5.41) is 3.74. The molecule has 0 saturated heterocycles. The Morgan fingerprint density at radius 3 is 2.67 bits per heavy atom. The molecule has 1 aromatic heterocycles. The van der Waals surface area contributed by atoms with Gasteiger partial charge in [0.2, 0.25) is 0 Å². The van der Waals surface area contributed by atoms with E-state index < -0.39 is 0 Å². The third-order valence-electron chi connectivity index (χ3n) is 1.82. The molecule has 0 fully saturated rings. The third-order valence-corrected chi connectivity index (χ3v) is 3.45. The van der Waals surface area contributed by atoms with Crippen LogP contribution in [0.5, 0.6) is 0 Å². The van der Waals surface area contributed by atoms with Crippen LogP contribution in [0, 0.1) is 0 Å². The third kappa shape index (κ3) is 2.23. The largest absolute Gasteiger partial charge is 0.308 e. The molecule has 78 valence electrons. The van der Waals surface area contributed by atoms with Gasteiger partial charge < -0.3 is 5.43 Å². The Kier molecular flexibility index (Phi) is 3.11. The Morgan fingerprint density at radius 2 is 2.07 bits per heavy atom. The lowest BCUT2D eigenvalue weighted by molar-refractivity contribution is 1.27. The van der Waals surface area contributed by atoms with E-state index in [2.05, 4.69) is 10.4 Å². The highest BCUT2D eigenvalue weighted by molar-refractivity contribution is 7.13. The highest BCUT2D eigenvalue weighted by Crippen LogP contribution is 2.30. The Morgan fingerprint density at radius 1 is 1.27 bits per heavy atom. The molecule has 2 aromatic rings. The second-order valence-electron chi connectivity index (χ2n) is 2.81. The number of rotatable bonds is 2. The highest BCUT2D eigenvalue weighted by Gasteiger charge is 2.06. The summed E-state index contributed by atoms with van der Waals surface area (Å²) in [4.78, 5) is 4.25. The van der Waals surface area contributed by atoms with Crippen molar-refractivity contribution < 1.29 is 0 Å². The van der Waals surface area contributed by atoms with Gasteiger partial charge in [-0.1, -0.05) is 29.3 Å². The predicted octanol–water partition coefficient (Wildman–Crippen LogP) is 3.40.